The summed E-state index contributed by atoms with van der Waals surface area (Å²) in [5, 5.41) is 0. The van der Waals surface area contributed by atoms with E-state index in [0.29, 0.717) is 6.54 Å². The van der Waals surface area contributed by atoms with Crippen molar-refractivity contribution in [1.29, 1.82) is 0 Å². The van der Waals surface area contributed by atoms with Crippen molar-refractivity contribution in [3.63, 3.8) is 0 Å². The van der Waals surface area contributed by atoms with Crippen molar-refractivity contribution < 1.29 is 9.53 Å². The Labute approximate surface area is 78.9 Å². The van der Waals surface area contributed by atoms with E-state index in [2.05, 4.69) is 0 Å². The summed E-state index contributed by atoms with van der Waals surface area (Å²) in [6.07, 6.45) is 3.17. The molecule has 0 unspecified atom stereocenters. The number of carbonyl (C=O) groups is 1. The van der Waals surface area contributed by atoms with Crippen LogP contribution < -0.4 is 11.5 Å². The third-order valence-corrected chi connectivity index (χ3v) is 1.16. The molecule has 0 heterocycles. The van der Waals surface area contributed by atoms with Gasteiger partial charge < -0.3 is 16.2 Å². The number of esters is 1. The number of hydrogen-bond donors (Lipinski definition) is 2. The number of carbonyl (C=O) groups excluding carboxylic acids is 1. The van der Waals surface area contributed by atoms with Crippen LogP contribution in [0.15, 0.2) is 12.2 Å². The highest BCUT2D eigenvalue weighted by Gasteiger charge is 2.19. The monoisotopic (exact) mass is 186 g/mol. The van der Waals surface area contributed by atoms with Crippen LogP contribution in [0.1, 0.15) is 20.8 Å². The van der Waals surface area contributed by atoms with E-state index in [4.69, 9.17) is 16.2 Å². The first-order valence-electron chi connectivity index (χ1n) is 4.22. The first-order chi connectivity index (χ1) is 5.87. The third-order valence-electron chi connectivity index (χ3n) is 1.16. The highest BCUT2D eigenvalue weighted by molar-refractivity contribution is 5.78. The van der Waals surface area contributed by atoms with Gasteiger partial charge in [0.2, 0.25) is 0 Å². The molecule has 0 aliphatic rings. The van der Waals surface area contributed by atoms with Crippen LogP contribution in [-0.4, -0.2) is 24.2 Å². The minimum absolute atomic E-state index is 0.372. The molecule has 4 nitrogen and oxygen atoms in total. The average Bonchev–Trinajstić information content (AvgIpc) is 1.96. The lowest BCUT2D eigenvalue weighted by atomic mass is 10.2. The summed E-state index contributed by atoms with van der Waals surface area (Å²) in [6.45, 7) is 5.76. The second kappa shape index (κ2) is 4.99. The molecule has 0 rings (SSSR count). The predicted octanol–water partition coefficient (Wildman–Crippen LogP) is 0.170. The largest absolute Gasteiger partial charge is 0.459 e. The fourth-order valence-corrected chi connectivity index (χ4v) is 0.674. The molecule has 0 aromatic carbocycles. The molecule has 0 aliphatic carbocycles. The first-order valence-corrected chi connectivity index (χ1v) is 4.22. The van der Waals surface area contributed by atoms with Crippen LogP contribution in [0.2, 0.25) is 0 Å². The molecule has 0 saturated heterocycles. The fourth-order valence-electron chi connectivity index (χ4n) is 0.674. The molecule has 0 aromatic heterocycles. The third kappa shape index (κ3) is 6.31. The summed E-state index contributed by atoms with van der Waals surface area (Å²) in [5.41, 5.74) is 10.2. The van der Waals surface area contributed by atoms with Crippen LogP contribution in [-0.2, 0) is 9.53 Å². The maximum Gasteiger partial charge on any atom is 0.327 e. The smallest absolute Gasteiger partial charge is 0.327 e. The van der Waals surface area contributed by atoms with Crippen molar-refractivity contribution in [2.24, 2.45) is 11.5 Å². The minimum Gasteiger partial charge on any atom is -0.459 e. The standard InChI is InChI=1S/C9H18N2O2/c1-9(2,3)13-8(12)7(11)5-4-6-10/h4-5,7H,6,10-11H2,1-3H3/b5-4+/t7-/m0/s1. The molecule has 0 aliphatic heterocycles. The second-order valence-corrected chi connectivity index (χ2v) is 3.72. The lowest BCUT2D eigenvalue weighted by molar-refractivity contribution is -0.155. The van der Waals surface area contributed by atoms with E-state index in [0.717, 1.165) is 0 Å². The quantitative estimate of drug-likeness (QED) is 0.486. The Morgan fingerprint density at radius 1 is 1.54 bits per heavy atom. The van der Waals surface area contributed by atoms with Gasteiger partial charge in [0.05, 0.1) is 0 Å². The molecule has 0 amide bonds. The Balaban J connectivity index is 4.04. The van der Waals surface area contributed by atoms with Crippen molar-refractivity contribution >= 4 is 5.97 Å². The lowest BCUT2D eigenvalue weighted by Crippen LogP contribution is -2.36. The molecule has 0 spiro atoms. The molecule has 0 radical (unpaired) electrons. The van der Waals surface area contributed by atoms with Crippen molar-refractivity contribution in [3.05, 3.63) is 12.2 Å². The molecule has 1 atom stereocenters. The van der Waals surface area contributed by atoms with Crippen LogP contribution >= 0.6 is 0 Å². The van der Waals surface area contributed by atoms with Crippen LogP contribution in [0, 0.1) is 0 Å². The van der Waals surface area contributed by atoms with Gasteiger partial charge in [-0.3, -0.25) is 0 Å². The Hall–Kier alpha value is -0.870. The van der Waals surface area contributed by atoms with Crippen molar-refractivity contribution in [2.45, 2.75) is 32.4 Å². The summed E-state index contributed by atoms with van der Waals surface area (Å²) in [6, 6.07) is -0.720. The maximum absolute atomic E-state index is 11.2. The van der Waals surface area contributed by atoms with Gasteiger partial charge in [0.25, 0.3) is 0 Å². The maximum atomic E-state index is 11.2. The molecular formula is C9H18N2O2. The van der Waals surface area contributed by atoms with E-state index in [1.807, 2.05) is 0 Å². The molecule has 4 N–H and O–H groups in total. The topological polar surface area (TPSA) is 78.3 Å². The molecule has 76 valence electrons. The van der Waals surface area contributed by atoms with E-state index >= 15 is 0 Å². The van der Waals surface area contributed by atoms with Gasteiger partial charge in [-0.1, -0.05) is 12.2 Å². The molecule has 4 heteroatoms. The van der Waals surface area contributed by atoms with Crippen LogP contribution in [0.25, 0.3) is 0 Å². The molecule has 0 aromatic rings. The zero-order valence-corrected chi connectivity index (χ0v) is 8.41. The average molecular weight is 186 g/mol. The molecular weight excluding hydrogens is 168 g/mol. The Morgan fingerprint density at radius 3 is 2.46 bits per heavy atom. The van der Waals surface area contributed by atoms with Gasteiger partial charge in [0.1, 0.15) is 11.6 Å². The second-order valence-electron chi connectivity index (χ2n) is 3.72. The van der Waals surface area contributed by atoms with E-state index in [9.17, 15) is 4.79 Å². The number of rotatable bonds is 3. The van der Waals surface area contributed by atoms with E-state index in [1.165, 1.54) is 6.08 Å². The molecule has 0 bridgehead atoms. The zero-order chi connectivity index (χ0) is 10.5. The molecule has 0 saturated carbocycles. The summed E-state index contributed by atoms with van der Waals surface area (Å²) in [4.78, 5) is 11.2. The van der Waals surface area contributed by atoms with Gasteiger partial charge in [-0.2, -0.15) is 0 Å². The van der Waals surface area contributed by atoms with Gasteiger partial charge in [0.15, 0.2) is 0 Å². The normalized spacial score (nSPS) is 14.5. The summed E-state index contributed by atoms with van der Waals surface area (Å²) < 4.78 is 5.04. The summed E-state index contributed by atoms with van der Waals surface area (Å²) in [5.74, 6) is -0.433. The fraction of sp³-hybridized carbons (Fsp3) is 0.667. The van der Waals surface area contributed by atoms with Crippen LogP contribution in [0.4, 0.5) is 0 Å². The van der Waals surface area contributed by atoms with Gasteiger partial charge in [-0.05, 0) is 20.8 Å². The van der Waals surface area contributed by atoms with Crippen LogP contribution in [0.5, 0.6) is 0 Å². The number of hydrogen-bond acceptors (Lipinski definition) is 4. The highest BCUT2D eigenvalue weighted by atomic mass is 16.6. The van der Waals surface area contributed by atoms with E-state index in [-0.39, 0.29) is 0 Å². The number of nitrogens with two attached hydrogens (primary N) is 2. The lowest BCUT2D eigenvalue weighted by Gasteiger charge is -2.20. The van der Waals surface area contributed by atoms with Gasteiger partial charge in [-0.15, -0.1) is 0 Å². The van der Waals surface area contributed by atoms with Gasteiger partial charge in [-0.25, -0.2) is 4.79 Å². The van der Waals surface area contributed by atoms with E-state index in [1.54, 1.807) is 26.8 Å². The molecule has 0 fully saturated rings. The van der Waals surface area contributed by atoms with Gasteiger partial charge >= 0.3 is 5.97 Å². The summed E-state index contributed by atoms with van der Waals surface area (Å²) >= 11 is 0. The Morgan fingerprint density at radius 2 is 2.08 bits per heavy atom. The zero-order valence-electron chi connectivity index (χ0n) is 8.41. The first kappa shape index (κ1) is 12.1. The van der Waals surface area contributed by atoms with Crippen molar-refractivity contribution in [2.75, 3.05) is 6.54 Å². The van der Waals surface area contributed by atoms with Crippen LogP contribution in [0.3, 0.4) is 0 Å². The van der Waals surface area contributed by atoms with E-state index < -0.39 is 17.6 Å². The van der Waals surface area contributed by atoms with Crippen molar-refractivity contribution in [3.8, 4) is 0 Å². The number of ether oxygens (including phenoxy) is 1. The Kier molecular flexibility index (Phi) is 4.66. The summed E-state index contributed by atoms with van der Waals surface area (Å²) in [7, 11) is 0. The predicted molar refractivity (Wildman–Crippen MR) is 52.0 cm³/mol. The minimum atomic E-state index is -0.720. The highest BCUT2D eigenvalue weighted by Crippen LogP contribution is 2.07. The van der Waals surface area contributed by atoms with Gasteiger partial charge in [0, 0.05) is 6.54 Å². The van der Waals surface area contributed by atoms with Crippen molar-refractivity contribution in [1.82, 2.24) is 0 Å². The SMILES string of the molecule is CC(C)(C)OC(=O)[C@@H](N)/C=C/CN. The molecule has 13 heavy (non-hydrogen) atoms. The Bertz CT molecular complexity index is 194.